The summed E-state index contributed by atoms with van der Waals surface area (Å²) in [5, 5.41) is 0. The maximum absolute atomic E-state index is 5.99. The van der Waals surface area contributed by atoms with Crippen LogP contribution >= 0.6 is 0 Å². The molecule has 4 nitrogen and oxygen atoms in total. The summed E-state index contributed by atoms with van der Waals surface area (Å²) in [7, 11) is 3.35. The molecule has 0 amide bonds. The second-order valence-corrected chi connectivity index (χ2v) is 5.22. The summed E-state index contributed by atoms with van der Waals surface area (Å²) in [6.45, 7) is 6.57. The standard InChI is InChI=1S/C15H25NO3/c1-11(16)14-12(17-4)7-6-8-13(14)19-10-9-15(2,3)18-5/h6-8,11H,9-10,16H2,1-5H3. The van der Waals surface area contributed by atoms with Gasteiger partial charge in [-0.25, -0.2) is 0 Å². The second-order valence-electron chi connectivity index (χ2n) is 5.22. The molecule has 0 aliphatic heterocycles. The molecule has 0 aromatic heterocycles. The number of methoxy groups -OCH3 is 2. The SMILES string of the molecule is COc1cccc(OCCC(C)(C)OC)c1C(C)N. The lowest BCUT2D eigenvalue weighted by molar-refractivity contribution is 0.00535. The normalized spacial score (nSPS) is 13.2. The van der Waals surface area contributed by atoms with Gasteiger partial charge < -0.3 is 19.9 Å². The summed E-state index contributed by atoms with van der Waals surface area (Å²) in [4.78, 5) is 0. The minimum absolute atomic E-state index is 0.137. The molecule has 108 valence electrons. The van der Waals surface area contributed by atoms with E-state index < -0.39 is 0 Å². The van der Waals surface area contributed by atoms with Crippen LogP contribution < -0.4 is 15.2 Å². The third-order valence-corrected chi connectivity index (χ3v) is 3.22. The van der Waals surface area contributed by atoms with E-state index in [0.717, 1.165) is 23.5 Å². The van der Waals surface area contributed by atoms with Crippen LogP contribution in [0.3, 0.4) is 0 Å². The first-order valence-corrected chi connectivity index (χ1v) is 6.51. The van der Waals surface area contributed by atoms with Crippen LogP contribution in [0, 0.1) is 0 Å². The first-order chi connectivity index (χ1) is 8.91. The molecule has 1 atom stereocenters. The molecule has 0 aliphatic rings. The van der Waals surface area contributed by atoms with E-state index in [-0.39, 0.29) is 11.6 Å². The zero-order valence-electron chi connectivity index (χ0n) is 12.5. The number of benzene rings is 1. The van der Waals surface area contributed by atoms with Gasteiger partial charge in [0.1, 0.15) is 11.5 Å². The number of nitrogens with two attached hydrogens (primary N) is 1. The molecule has 4 heteroatoms. The maximum atomic E-state index is 5.99. The molecule has 0 fully saturated rings. The second kappa shape index (κ2) is 6.78. The van der Waals surface area contributed by atoms with E-state index in [1.54, 1.807) is 14.2 Å². The molecule has 0 heterocycles. The van der Waals surface area contributed by atoms with Crippen molar-refractivity contribution in [1.29, 1.82) is 0 Å². The van der Waals surface area contributed by atoms with Crippen molar-refractivity contribution in [2.45, 2.75) is 38.8 Å². The lowest BCUT2D eigenvalue weighted by Gasteiger charge is -2.23. The molecule has 1 aromatic rings. The van der Waals surface area contributed by atoms with E-state index in [9.17, 15) is 0 Å². The summed E-state index contributed by atoms with van der Waals surface area (Å²) in [6, 6.07) is 5.58. The van der Waals surface area contributed by atoms with Gasteiger partial charge in [0.15, 0.2) is 0 Å². The molecule has 1 unspecified atom stereocenters. The molecule has 0 aliphatic carbocycles. The van der Waals surface area contributed by atoms with Gasteiger partial charge in [0.25, 0.3) is 0 Å². The van der Waals surface area contributed by atoms with Gasteiger partial charge in [-0.3, -0.25) is 0 Å². The number of hydrogen-bond donors (Lipinski definition) is 1. The van der Waals surface area contributed by atoms with E-state index in [2.05, 4.69) is 0 Å². The fourth-order valence-electron chi connectivity index (χ4n) is 1.79. The Morgan fingerprint density at radius 1 is 1.21 bits per heavy atom. The Morgan fingerprint density at radius 2 is 1.84 bits per heavy atom. The Morgan fingerprint density at radius 3 is 2.37 bits per heavy atom. The molecular formula is C15H25NO3. The largest absolute Gasteiger partial charge is 0.496 e. The van der Waals surface area contributed by atoms with Crippen LogP contribution in [-0.4, -0.2) is 26.4 Å². The van der Waals surface area contributed by atoms with Gasteiger partial charge in [-0.15, -0.1) is 0 Å². The van der Waals surface area contributed by atoms with Gasteiger partial charge in [0, 0.05) is 19.6 Å². The molecule has 19 heavy (non-hydrogen) atoms. The minimum atomic E-state index is -0.187. The zero-order valence-corrected chi connectivity index (χ0v) is 12.5. The fourth-order valence-corrected chi connectivity index (χ4v) is 1.79. The van der Waals surface area contributed by atoms with Crippen molar-refractivity contribution in [2.75, 3.05) is 20.8 Å². The molecule has 0 saturated carbocycles. The topological polar surface area (TPSA) is 53.7 Å². The first kappa shape index (κ1) is 15.8. The van der Waals surface area contributed by atoms with Crippen LogP contribution in [0.25, 0.3) is 0 Å². The summed E-state index contributed by atoms with van der Waals surface area (Å²) in [6.07, 6.45) is 0.805. The average Bonchev–Trinajstić information content (AvgIpc) is 2.37. The summed E-state index contributed by atoms with van der Waals surface area (Å²) in [5.74, 6) is 1.54. The van der Waals surface area contributed by atoms with Crippen LogP contribution in [-0.2, 0) is 4.74 Å². The van der Waals surface area contributed by atoms with Crippen LogP contribution in [0.4, 0.5) is 0 Å². The first-order valence-electron chi connectivity index (χ1n) is 6.51. The summed E-state index contributed by atoms with van der Waals surface area (Å²) in [5.41, 5.74) is 6.71. The lowest BCUT2D eigenvalue weighted by Crippen LogP contribution is -2.25. The Kier molecular flexibility index (Phi) is 5.63. The van der Waals surface area contributed by atoms with E-state index in [1.165, 1.54) is 0 Å². The van der Waals surface area contributed by atoms with E-state index in [1.807, 2.05) is 39.0 Å². The Hall–Kier alpha value is -1.26. The number of rotatable bonds is 7. The number of ether oxygens (including phenoxy) is 3. The van der Waals surface area contributed by atoms with Crippen molar-refractivity contribution in [3.8, 4) is 11.5 Å². The predicted molar refractivity (Wildman–Crippen MR) is 76.8 cm³/mol. The summed E-state index contributed by atoms with van der Waals surface area (Å²) >= 11 is 0. The van der Waals surface area contributed by atoms with Crippen molar-refractivity contribution >= 4 is 0 Å². The van der Waals surface area contributed by atoms with Gasteiger partial charge in [0.05, 0.1) is 24.9 Å². The molecule has 0 bridgehead atoms. The van der Waals surface area contributed by atoms with Crippen molar-refractivity contribution < 1.29 is 14.2 Å². The highest BCUT2D eigenvalue weighted by Gasteiger charge is 2.18. The van der Waals surface area contributed by atoms with Crippen LogP contribution in [0.1, 0.15) is 38.8 Å². The zero-order chi connectivity index (χ0) is 14.5. The fraction of sp³-hybridized carbons (Fsp3) is 0.600. The lowest BCUT2D eigenvalue weighted by atomic mass is 10.1. The predicted octanol–water partition coefficient (Wildman–Crippen LogP) is 2.91. The highest BCUT2D eigenvalue weighted by atomic mass is 16.5. The molecule has 1 aromatic carbocycles. The smallest absolute Gasteiger partial charge is 0.127 e. The highest BCUT2D eigenvalue weighted by molar-refractivity contribution is 5.46. The summed E-state index contributed by atoms with van der Waals surface area (Å²) < 4.78 is 16.5. The molecule has 0 radical (unpaired) electrons. The number of hydrogen-bond acceptors (Lipinski definition) is 4. The monoisotopic (exact) mass is 267 g/mol. The van der Waals surface area contributed by atoms with Crippen LogP contribution in [0.5, 0.6) is 11.5 Å². The molecule has 1 rings (SSSR count). The molecule has 0 saturated heterocycles. The van der Waals surface area contributed by atoms with Gasteiger partial charge in [0.2, 0.25) is 0 Å². The average molecular weight is 267 g/mol. The Bertz CT molecular complexity index is 402. The van der Waals surface area contributed by atoms with Crippen LogP contribution in [0.2, 0.25) is 0 Å². The van der Waals surface area contributed by atoms with Gasteiger partial charge in [-0.1, -0.05) is 6.07 Å². The third-order valence-electron chi connectivity index (χ3n) is 3.22. The third kappa shape index (κ3) is 4.40. The Labute approximate surface area is 115 Å². The Balaban J connectivity index is 2.78. The van der Waals surface area contributed by atoms with Crippen molar-refractivity contribution in [1.82, 2.24) is 0 Å². The van der Waals surface area contributed by atoms with Gasteiger partial charge in [-0.05, 0) is 32.9 Å². The van der Waals surface area contributed by atoms with Crippen molar-refractivity contribution in [3.05, 3.63) is 23.8 Å². The molecular weight excluding hydrogens is 242 g/mol. The van der Waals surface area contributed by atoms with Gasteiger partial charge in [-0.2, -0.15) is 0 Å². The maximum Gasteiger partial charge on any atom is 0.127 e. The highest BCUT2D eigenvalue weighted by Crippen LogP contribution is 2.33. The van der Waals surface area contributed by atoms with Gasteiger partial charge >= 0.3 is 0 Å². The van der Waals surface area contributed by atoms with E-state index >= 15 is 0 Å². The molecule has 0 spiro atoms. The van der Waals surface area contributed by atoms with E-state index in [0.29, 0.717) is 6.61 Å². The van der Waals surface area contributed by atoms with Crippen molar-refractivity contribution in [2.24, 2.45) is 5.73 Å². The quantitative estimate of drug-likeness (QED) is 0.825. The molecule has 2 N–H and O–H groups in total. The van der Waals surface area contributed by atoms with Crippen LogP contribution in [0.15, 0.2) is 18.2 Å². The minimum Gasteiger partial charge on any atom is -0.496 e. The van der Waals surface area contributed by atoms with Crippen molar-refractivity contribution in [3.63, 3.8) is 0 Å². The van der Waals surface area contributed by atoms with E-state index in [4.69, 9.17) is 19.9 Å².